The summed E-state index contributed by atoms with van der Waals surface area (Å²) in [6, 6.07) is 8.47. The van der Waals surface area contributed by atoms with Gasteiger partial charge < -0.3 is 16.0 Å². The number of hydrogen-bond acceptors (Lipinski definition) is 5. The molecule has 0 aliphatic rings. The summed E-state index contributed by atoms with van der Waals surface area (Å²) in [5, 5.41) is 18.6. The molecule has 0 radical (unpaired) electrons. The molecule has 0 bridgehead atoms. The molecule has 0 aliphatic carbocycles. The van der Waals surface area contributed by atoms with Crippen molar-refractivity contribution in [2.75, 3.05) is 25.0 Å². The van der Waals surface area contributed by atoms with Crippen LogP contribution in [0.5, 0.6) is 0 Å². The van der Waals surface area contributed by atoms with E-state index in [1.807, 2.05) is 0 Å². The molecule has 2 rings (SSSR count). The largest absolute Gasteiger partial charge is 0.383 e. The molecule has 2 aromatic rings. The molecule has 0 unspecified atom stereocenters. The van der Waals surface area contributed by atoms with Gasteiger partial charge in [0, 0.05) is 49.9 Å². The number of nitrogens with zero attached hydrogens (tertiary/aromatic N) is 1. The highest BCUT2D eigenvalue weighted by atomic mass is 19.1. The Hall–Kier alpha value is -3.56. The lowest BCUT2D eigenvalue weighted by atomic mass is 10.2. The number of benzene rings is 2. The van der Waals surface area contributed by atoms with Crippen molar-refractivity contribution in [3.63, 3.8) is 0 Å². The van der Waals surface area contributed by atoms with E-state index in [0.29, 0.717) is 24.8 Å². The molecule has 28 heavy (non-hydrogen) atoms. The summed E-state index contributed by atoms with van der Waals surface area (Å²) in [7, 11) is 0. The van der Waals surface area contributed by atoms with Crippen molar-refractivity contribution < 1.29 is 23.3 Å². The van der Waals surface area contributed by atoms with Crippen molar-refractivity contribution >= 4 is 23.2 Å². The van der Waals surface area contributed by atoms with Crippen LogP contribution in [-0.4, -0.2) is 36.4 Å². The smallest absolute Gasteiger partial charge is 0.269 e. The second kappa shape index (κ2) is 9.95. The topological polar surface area (TPSA) is 113 Å². The van der Waals surface area contributed by atoms with Crippen molar-refractivity contribution in [3.8, 4) is 0 Å². The predicted molar refractivity (Wildman–Crippen MR) is 97.9 cm³/mol. The third-order valence-corrected chi connectivity index (χ3v) is 3.67. The third-order valence-electron chi connectivity index (χ3n) is 3.67. The van der Waals surface area contributed by atoms with E-state index in [1.165, 1.54) is 12.1 Å². The van der Waals surface area contributed by atoms with Crippen LogP contribution in [0.1, 0.15) is 16.8 Å². The summed E-state index contributed by atoms with van der Waals surface area (Å²) in [4.78, 5) is 33.6. The van der Waals surface area contributed by atoms with E-state index in [1.54, 1.807) is 12.1 Å². The standard InChI is InChI=1S/C18H18F2N4O4/c19-12-1-6-15(16(20)11-12)18(26)23-8-7-17(25)22-10-9-21-13-2-4-14(5-3-13)24(27)28/h1-6,11,21H,7-10H2,(H,22,25)(H,23,26). The van der Waals surface area contributed by atoms with Crippen molar-refractivity contribution in [1.29, 1.82) is 0 Å². The maximum absolute atomic E-state index is 13.5. The minimum absolute atomic E-state index is 0.00271. The number of nitrogens with one attached hydrogen (secondary N) is 3. The predicted octanol–water partition coefficient (Wildman–Crippen LogP) is 2.22. The monoisotopic (exact) mass is 392 g/mol. The van der Waals surface area contributed by atoms with Crippen LogP contribution in [0.15, 0.2) is 42.5 Å². The Morgan fingerprint density at radius 1 is 0.964 bits per heavy atom. The first-order chi connectivity index (χ1) is 13.4. The van der Waals surface area contributed by atoms with Gasteiger partial charge in [0.15, 0.2) is 0 Å². The van der Waals surface area contributed by atoms with Crippen molar-refractivity contribution in [2.45, 2.75) is 6.42 Å². The van der Waals surface area contributed by atoms with Gasteiger partial charge in [-0.2, -0.15) is 0 Å². The molecule has 0 atom stereocenters. The van der Waals surface area contributed by atoms with Crippen LogP contribution < -0.4 is 16.0 Å². The number of rotatable bonds is 9. The van der Waals surface area contributed by atoms with Crippen LogP contribution in [0.25, 0.3) is 0 Å². The zero-order chi connectivity index (χ0) is 20.5. The van der Waals surface area contributed by atoms with Crippen molar-refractivity contribution in [2.24, 2.45) is 0 Å². The van der Waals surface area contributed by atoms with Crippen LogP contribution in [-0.2, 0) is 4.79 Å². The van der Waals surface area contributed by atoms with Crippen LogP contribution in [0.3, 0.4) is 0 Å². The molecule has 148 valence electrons. The number of carbonyl (C=O) groups excluding carboxylic acids is 2. The number of amides is 2. The van der Waals surface area contributed by atoms with E-state index in [2.05, 4.69) is 16.0 Å². The molecular formula is C18H18F2N4O4. The number of nitro groups is 1. The third kappa shape index (κ3) is 6.31. The lowest BCUT2D eigenvalue weighted by Gasteiger charge is -2.09. The average Bonchev–Trinajstić information content (AvgIpc) is 2.65. The molecule has 2 amide bonds. The molecule has 0 aliphatic heterocycles. The van der Waals surface area contributed by atoms with Gasteiger partial charge in [0.1, 0.15) is 11.6 Å². The molecule has 8 nitrogen and oxygen atoms in total. The molecule has 0 saturated heterocycles. The Kier molecular flexibility index (Phi) is 7.37. The van der Waals surface area contributed by atoms with Crippen LogP contribution >= 0.6 is 0 Å². The Labute approximate surface area is 159 Å². The fourth-order valence-electron chi connectivity index (χ4n) is 2.26. The average molecular weight is 392 g/mol. The number of anilines is 1. The Balaban J connectivity index is 1.63. The minimum Gasteiger partial charge on any atom is -0.383 e. The highest BCUT2D eigenvalue weighted by Crippen LogP contribution is 2.14. The molecule has 2 aromatic carbocycles. The van der Waals surface area contributed by atoms with Crippen molar-refractivity contribution in [1.82, 2.24) is 10.6 Å². The molecule has 0 fully saturated rings. The molecule has 0 saturated carbocycles. The first-order valence-corrected chi connectivity index (χ1v) is 8.35. The van der Waals surface area contributed by atoms with Gasteiger partial charge in [0.25, 0.3) is 11.6 Å². The normalized spacial score (nSPS) is 10.2. The minimum atomic E-state index is -0.973. The highest BCUT2D eigenvalue weighted by Gasteiger charge is 2.12. The SMILES string of the molecule is O=C(CCNC(=O)c1ccc(F)cc1F)NCCNc1ccc([N+](=O)[O-])cc1. The number of hydrogen-bond donors (Lipinski definition) is 3. The second-order valence-electron chi connectivity index (χ2n) is 5.71. The van der Waals surface area contributed by atoms with Gasteiger partial charge in [0.2, 0.25) is 5.91 Å². The summed E-state index contributed by atoms with van der Waals surface area (Å²) in [5.41, 5.74) is 0.365. The number of nitro benzene ring substituents is 1. The highest BCUT2D eigenvalue weighted by molar-refractivity contribution is 5.94. The lowest BCUT2D eigenvalue weighted by Crippen LogP contribution is -2.33. The fraction of sp³-hybridized carbons (Fsp3) is 0.222. The maximum atomic E-state index is 13.5. The summed E-state index contributed by atoms with van der Waals surface area (Å²) in [5.74, 6) is -2.80. The van der Waals surface area contributed by atoms with Crippen LogP contribution in [0.2, 0.25) is 0 Å². The zero-order valence-corrected chi connectivity index (χ0v) is 14.7. The van der Waals surface area contributed by atoms with Gasteiger partial charge in [-0.3, -0.25) is 19.7 Å². The number of non-ortho nitro benzene ring substituents is 1. The van der Waals surface area contributed by atoms with Gasteiger partial charge in [0.05, 0.1) is 10.5 Å². The van der Waals surface area contributed by atoms with Crippen LogP contribution in [0, 0.1) is 21.7 Å². The first kappa shape index (κ1) is 20.7. The second-order valence-corrected chi connectivity index (χ2v) is 5.71. The summed E-state index contributed by atoms with van der Waals surface area (Å²) in [6.45, 7) is 0.699. The van der Waals surface area contributed by atoms with Gasteiger partial charge in [-0.15, -0.1) is 0 Å². The fourth-order valence-corrected chi connectivity index (χ4v) is 2.26. The Bertz CT molecular complexity index is 859. The van der Waals surface area contributed by atoms with Crippen molar-refractivity contribution in [3.05, 3.63) is 69.8 Å². The van der Waals surface area contributed by atoms with Gasteiger partial charge in [-0.25, -0.2) is 8.78 Å². The van der Waals surface area contributed by atoms with Gasteiger partial charge in [-0.05, 0) is 24.3 Å². The molecule has 10 heteroatoms. The van der Waals surface area contributed by atoms with E-state index in [9.17, 15) is 28.5 Å². The van der Waals surface area contributed by atoms with Gasteiger partial charge >= 0.3 is 0 Å². The molecular weight excluding hydrogens is 374 g/mol. The summed E-state index contributed by atoms with van der Waals surface area (Å²) in [6.07, 6.45) is -0.00785. The lowest BCUT2D eigenvalue weighted by molar-refractivity contribution is -0.384. The maximum Gasteiger partial charge on any atom is 0.269 e. The Morgan fingerprint density at radius 3 is 2.32 bits per heavy atom. The molecule has 0 spiro atoms. The summed E-state index contributed by atoms with van der Waals surface area (Å²) < 4.78 is 26.3. The van der Waals surface area contributed by atoms with E-state index in [4.69, 9.17) is 0 Å². The van der Waals surface area contributed by atoms with Gasteiger partial charge in [-0.1, -0.05) is 0 Å². The molecule has 0 heterocycles. The first-order valence-electron chi connectivity index (χ1n) is 8.35. The van der Waals surface area contributed by atoms with E-state index in [0.717, 1.165) is 12.1 Å². The van der Waals surface area contributed by atoms with E-state index >= 15 is 0 Å². The molecule has 3 N–H and O–H groups in total. The zero-order valence-electron chi connectivity index (χ0n) is 14.7. The Morgan fingerprint density at radius 2 is 1.68 bits per heavy atom. The quantitative estimate of drug-likeness (QED) is 0.344. The number of halogens is 2. The molecule has 0 aromatic heterocycles. The van der Waals surface area contributed by atoms with E-state index < -0.39 is 22.5 Å². The number of carbonyl (C=O) groups is 2. The van der Waals surface area contributed by atoms with Crippen LogP contribution in [0.4, 0.5) is 20.2 Å². The summed E-state index contributed by atoms with van der Waals surface area (Å²) >= 11 is 0. The van der Waals surface area contributed by atoms with E-state index in [-0.39, 0.29) is 30.1 Å².